The van der Waals surface area contributed by atoms with Crippen LogP contribution in [0.25, 0.3) is 11.0 Å². The number of fused-ring (bicyclic) bond motifs is 1. The number of aromatic nitrogens is 1. The van der Waals surface area contributed by atoms with Gasteiger partial charge in [0.2, 0.25) is 0 Å². The molecule has 4 nitrogen and oxygen atoms in total. The zero-order chi connectivity index (χ0) is 13.1. The highest BCUT2D eigenvalue weighted by Crippen LogP contribution is 2.24. The minimum Gasteiger partial charge on any atom is -0.464 e. The molecule has 4 heteroatoms. The summed E-state index contributed by atoms with van der Waals surface area (Å²) in [5, 5.41) is 1.05. The molecule has 98 valence electrons. The number of hydrogen-bond donors (Lipinski definition) is 1. The van der Waals surface area contributed by atoms with Crippen LogP contribution >= 0.6 is 0 Å². The molecule has 1 unspecified atom stereocenters. The molecule has 2 heterocycles. The highest BCUT2D eigenvalue weighted by molar-refractivity contribution is 5.88. The summed E-state index contributed by atoms with van der Waals surface area (Å²) in [5.41, 5.74) is 6.94. The highest BCUT2D eigenvalue weighted by atomic mass is 16.3. The molecule has 0 bridgehead atoms. The Morgan fingerprint density at radius 1 is 1.39 bits per heavy atom. The van der Waals surface area contributed by atoms with E-state index in [1.54, 1.807) is 12.5 Å². The van der Waals surface area contributed by atoms with Gasteiger partial charge in [-0.05, 0) is 24.5 Å². The standard InChI is InChI=1S/C14H21N3O/c1-10(2)12(15)5-8-17(3)14-11-6-9-18-13(11)4-7-16-14/h4,6-7,9-10,12H,5,8,15H2,1-3H3. The molecule has 2 N–H and O–H groups in total. The average Bonchev–Trinajstić information content (AvgIpc) is 2.83. The van der Waals surface area contributed by atoms with Crippen molar-refractivity contribution < 1.29 is 4.42 Å². The Bertz CT molecular complexity index is 506. The number of rotatable bonds is 5. The lowest BCUT2D eigenvalue weighted by Crippen LogP contribution is -2.32. The highest BCUT2D eigenvalue weighted by Gasteiger charge is 2.12. The lowest BCUT2D eigenvalue weighted by atomic mass is 10.0. The van der Waals surface area contributed by atoms with Crippen molar-refractivity contribution in [3.8, 4) is 0 Å². The summed E-state index contributed by atoms with van der Waals surface area (Å²) in [5.74, 6) is 1.47. The molecule has 18 heavy (non-hydrogen) atoms. The Hall–Kier alpha value is -1.55. The van der Waals surface area contributed by atoms with Crippen LogP contribution in [-0.2, 0) is 0 Å². The first-order valence-corrected chi connectivity index (χ1v) is 6.38. The van der Waals surface area contributed by atoms with Gasteiger partial charge < -0.3 is 15.1 Å². The van der Waals surface area contributed by atoms with Crippen molar-refractivity contribution >= 4 is 16.8 Å². The van der Waals surface area contributed by atoms with Gasteiger partial charge in [0.1, 0.15) is 11.4 Å². The van der Waals surface area contributed by atoms with E-state index in [4.69, 9.17) is 10.2 Å². The number of anilines is 1. The molecule has 0 amide bonds. The molecule has 0 radical (unpaired) electrons. The number of pyridine rings is 1. The van der Waals surface area contributed by atoms with E-state index in [2.05, 4.69) is 23.7 Å². The second kappa shape index (κ2) is 5.40. The van der Waals surface area contributed by atoms with Crippen LogP contribution in [0.4, 0.5) is 5.82 Å². The number of hydrogen-bond acceptors (Lipinski definition) is 4. The maximum Gasteiger partial charge on any atom is 0.139 e. The van der Waals surface area contributed by atoms with E-state index in [0.29, 0.717) is 5.92 Å². The molecule has 2 rings (SSSR count). The summed E-state index contributed by atoms with van der Waals surface area (Å²) in [6.45, 7) is 5.20. The number of nitrogens with two attached hydrogens (primary N) is 1. The Morgan fingerprint density at radius 2 is 2.17 bits per heavy atom. The summed E-state index contributed by atoms with van der Waals surface area (Å²) in [4.78, 5) is 6.57. The lowest BCUT2D eigenvalue weighted by molar-refractivity contribution is 0.466. The number of furan rings is 1. The van der Waals surface area contributed by atoms with E-state index in [1.807, 2.05) is 19.2 Å². The monoisotopic (exact) mass is 247 g/mol. The SMILES string of the molecule is CC(C)C(N)CCN(C)c1nccc2occc12. The fraction of sp³-hybridized carbons (Fsp3) is 0.500. The van der Waals surface area contributed by atoms with Crippen LogP contribution in [0.15, 0.2) is 29.0 Å². The van der Waals surface area contributed by atoms with Crippen LogP contribution in [0.1, 0.15) is 20.3 Å². The van der Waals surface area contributed by atoms with Gasteiger partial charge in [0.25, 0.3) is 0 Å². The van der Waals surface area contributed by atoms with E-state index < -0.39 is 0 Å². The molecule has 0 aliphatic heterocycles. The largest absolute Gasteiger partial charge is 0.464 e. The maximum absolute atomic E-state index is 6.07. The van der Waals surface area contributed by atoms with Crippen molar-refractivity contribution in [1.29, 1.82) is 0 Å². The predicted molar refractivity (Wildman–Crippen MR) is 74.7 cm³/mol. The summed E-state index contributed by atoms with van der Waals surface area (Å²) in [6.07, 6.45) is 4.44. The molecule has 0 aromatic carbocycles. The first-order chi connectivity index (χ1) is 8.59. The van der Waals surface area contributed by atoms with E-state index in [-0.39, 0.29) is 6.04 Å². The zero-order valence-electron chi connectivity index (χ0n) is 11.3. The van der Waals surface area contributed by atoms with Gasteiger partial charge in [-0.3, -0.25) is 0 Å². The second-order valence-electron chi connectivity index (χ2n) is 5.09. The molecule has 0 aliphatic rings. The summed E-state index contributed by atoms with van der Waals surface area (Å²) < 4.78 is 5.38. The van der Waals surface area contributed by atoms with Crippen molar-refractivity contribution in [2.75, 3.05) is 18.5 Å². The fourth-order valence-corrected chi connectivity index (χ4v) is 1.97. The third kappa shape index (κ3) is 2.64. The normalized spacial score (nSPS) is 13.2. The molecule has 0 aliphatic carbocycles. The van der Waals surface area contributed by atoms with E-state index >= 15 is 0 Å². The lowest BCUT2D eigenvalue weighted by Gasteiger charge is -2.22. The Morgan fingerprint density at radius 3 is 2.89 bits per heavy atom. The molecule has 2 aromatic rings. The van der Waals surface area contributed by atoms with Crippen LogP contribution in [0.2, 0.25) is 0 Å². The van der Waals surface area contributed by atoms with Gasteiger partial charge in [-0.25, -0.2) is 4.98 Å². The van der Waals surface area contributed by atoms with Crippen LogP contribution in [0.5, 0.6) is 0 Å². The van der Waals surface area contributed by atoms with E-state index in [0.717, 1.165) is 29.8 Å². The number of nitrogens with zero attached hydrogens (tertiary/aromatic N) is 2. The van der Waals surface area contributed by atoms with Crippen molar-refractivity contribution in [3.05, 3.63) is 24.6 Å². The fourth-order valence-electron chi connectivity index (χ4n) is 1.97. The summed E-state index contributed by atoms with van der Waals surface area (Å²) >= 11 is 0. The van der Waals surface area contributed by atoms with Gasteiger partial charge in [0.05, 0.1) is 11.6 Å². The minimum atomic E-state index is 0.232. The van der Waals surface area contributed by atoms with Crippen LogP contribution in [-0.4, -0.2) is 24.6 Å². The Balaban J connectivity index is 2.09. The zero-order valence-corrected chi connectivity index (χ0v) is 11.3. The third-order valence-electron chi connectivity index (χ3n) is 3.37. The Kier molecular flexibility index (Phi) is 3.87. The third-order valence-corrected chi connectivity index (χ3v) is 3.37. The topological polar surface area (TPSA) is 55.3 Å². The van der Waals surface area contributed by atoms with E-state index in [9.17, 15) is 0 Å². The van der Waals surface area contributed by atoms with Crippen molar-refractivity contribution in [2.45, 2.75) is 26.3 Å². The predicted octanol–water partition coefficient (Wildman–Crippen LogP) is 2.64. The van der Waals surface area contributed by atoms with Crippen LogP contribution in [0.3, 0.4) is 0 Å². The molecule has 0 saturated carbocycles. The molecule has 0 spiro atoms. The maximum atomic E-state index is 6.07. The van der Waals surface area contributed by atoms with Gasteiger partial charge in [-0.2, -0.15) is 0 Å². The van der Waals surface area contributed by atoms with Crippen LogP contribution in [0, 0.1) is 5.92 Å². The second-order valence-corrected chi connectivity index (χ2v) is 5.09. The molecular weight excluding hydrogens is 226 g/mol. The van der Waals surface area contributed by atoms with Gasteiger partial charge >= 0.3 is 0 Å². The van der Waals surface area contributed by atoms with Gasteiger partial charge in [-0.15, -0.1) is 0 Å². The molecule has 1 atom stereocenters. The van der Waals surface area contributed by atoms with Crippen molar-refractivity contribution in [1.82, 2.24) is 4.98 Å². The first kappa shape index (κ1) is 12.9. The van der Waals surface area contributed by atoms with Gasteiger partial charge in [-0.1, -0.05) is 13.8 Å². The van der Waals surface area contributed by atoms with Crippen molar-refractivity contribution in [3.63, 3.8) is 0 Å². The smallest absolute Gasteiger partial charge is 0.139 e. The van der Waals surface area contributed by atoms with Gasteiger partial charge in [0.15, 0.2) is 0 Å². The molecular formula is C14H21N3O. The Labute approximate surface area is 108 Å². The van der Waals surface area contributed by atoms with Crippen molar-refractivity contribution in [2.24, 2.45) is 11.7 Å². The first-order valence-electron chi connectivity index (χ1n) is 6.38. The van der Waals surface area contributed by atoms with Gasteiger partial charge in [0, 0.05) is 25.8 Å². The molecule has 0 fully saturated rings. The quantitative estimate of drug-likeness (QED) is 0.882. The van der Waals surface area contributed by atoms with E-state index in [1.165, 1.54) is 0 Å². The molecule has 2 aromatic heterocycles. The van der Waals surface area contributed by atoms with Crippen LogP contribution < -0.4 is 10.6 Å². The summed E-state index contributed by atoms with van der Waals surface area (Å²) in [7, 11) is 2.04. The summed E-state index contributed by atoms with van der Waals surface area (Å²) in [6, 6.07) is 4.07. The minimum absolute atomic E-state index is 0.232. The average molecular weight is 247 g/mol. The molecule has 0 saturated heterocycles.